The maximum absolute atomic E-state index is 9.03. The topological polar surface area (TPSA) is 23.5 Å². The molecule has 0 saturated carbocycles. The molecule has 3 heteroatoms. The highest BCUT2D eigenvalue weighted by molar-refractivity contribution is 6.30. The summed E-state index contributed by atoms with van der Waals surface area (Å²) >= 11 is 5.78. The normalized spacial score (nSPS) is 25.9. The molecule has 0 radical (unpaired) electrons. The van der Waals surface area contributed by atoms with Gasteiger partial charge in [0.2, 0.25) is 0 Å². The number of hydrogen-bond acceptors (Lipinski definition) is 2. The Hall–Kier alpha value is -0.630. The lowest BCUT2D eigenvalue weighted by Crippen LogP contribution is -2.27. The molecule has 0 amide bonds. The summed E-state index contributed by atoms with van der Waals surface area (Å²) in [6.45, 7) is 1.97. The van der Waals surface area contributed by atoms with Gasteiger partial charge in [0.25, 0.3) is 0 Å². The molecule has 1 heterocycles. The maximum atomic E-state index is 9.03. The minimum Gasteiger partial charge on any atom is -0.506 e. The van der Waals surface area contributed by atoms with E-state index in [1.54, 1.807) is 12.3 Å². The van der Waals surface area contributed by atoms with E-state index in [0.717, 1.165) is 0 Å². The highest BCUT2D eigenvalue weighted by atomic mass is 35.5. The summed E-state index contributed by atoms with van der Waals surface area (Å²) < 4.78 is 0. The van der Waals surface area contributed by atoms with E-state index >= 15 is 0 Å². The fourth-order valence-electron chi connectivity index (χ4n) is 0.814. The number of nitrogens with zero attached hydrogens (tertiary/aromatic N) is 1. The first kappa shape index (κ1) is 7.48. The van der Waals surface area contributed by atoms with Gasteiger partial charge in [0, 0.05) is 18.3 Å². The molecule has 1 aliphatic rings. The van der Waals surface area contributed by atoms with Gasteiger partial charge in [-0.25, -0.2) is 0 Å². The van der Waals surface area contributed by atoms with Crippen molar-refractivity contribution in [3.8, 4) is 0 Å². The summed E-state index contributed by atoms with van der Waals surface area (Å²) in [6.07, 6.45) is 3.21. The molecular formula is C7H10ClNO. The second-order valence-electron chi connectivity index (χ2n) is 2.42. The van der Waals surface area contributed by atoms with Gasteiger partial charge in [0.05, 0.1) is 6.04 Å². The fourth-order valence-corrected chi connectivity index (χ4v) is 1.08. The number of allylic oxidation sites excluding steroid dienone is 1. The average Bonchev–Trinajstić information content (AvgIpc) is 1.82. The highest BCUT2D eigenvalue weighted by Gasteiger charge is 2.14. The average molecular weight is 160 g/mol. The van der Waals surface area contributed by atoms with Crippen LogP contribution >= 0.6 is 11.6 Å². The quantitative estimate of drug-likeness (QED) is 0.583. The predicted molar refractivity (Wildman–Crippen MR) is 41.9 cm³/mol. The molecule has 0 bridgehead atoms. The van der Waals surface area contributed by atoms with Crippen molar-refractivity contribution in [2.24, 2.45) is 0 Å². The van der Waals surface area contributed by atoms with Gasteiger partial charge >= 0.3 is 0 Å². The van der Waals surface area contributed by atoms with Crippen molar-refractivity contribution in [2.45, 2.75) is 13.0 Å². The largest absolute Gasteiger partial charge is 0.506 e. The van der Waals surface area contributed by atoms with E-state index in [1.165, 1.54) is 0 Å². The van der Waals surface area contributed by atoms with Crippen molar-refractivity contribution >= 4 is 11.6 Å². The summed E-state index contributed by atoms with van der Waals surface area (Å²) in [4.78, 5) is 1.86. The molecule has 1 unspecified atom stereocenters. The van der Waals surface area contributed by atoms with Gasteiger partial charge in [0.15, 0.2) is 0 Å². The number of aliphatic hydroxyl groups excluding tert-OH is 1. The van der Waals surface area contributed by atoms with Crippen LogP contribution in [0.25, 0.3) is 0 Å². The Labute approximate surface area is 65.4 Å². The first-order chi connectivity index (χ1) is 4.61. The molecular weight excluding hydrogens is 150 g/mol. The number of rotatable bonds is 0. The van der Waals surface area contributed by atoms with E-state index in [9.17, 15) is 0 Å². The van der Waals surface area contributed by atoms with Crippen LogP contribution < -0.4 is 0 Å². The van der Waals surface area contributed by atoms with Crippen LogP contribution in [0.4, 0.5) is 0 Å². The molecule has 1 aliphatic heterocycles. The Morgan fingerprint density at radius 2 is 2.30 bits per heavy atom. The minimum absolute atomic E-state index is 0.178. The van der Waals surface area contributed by atoms with Crippen molar-refractivity contribution in [2.75, 3.05) is 7.05 Å². The summed E-state index contributed by atoms with van der Waals surface area (Å²) in [5, 5.41) is 9.70. The third-order valence-corrected chi connectivity index (χ3v) is 2.06. The number of likely N-dealkylation sites (N-methyl/N-ethyl adjacent to an activating group) is 1. The van der Waals surface area contributed by atoms with Gasteiger partial charge < -0.3 is 10.0 Å². The third-order valence-electron chi connectivity index (χ3n) is 1.63. The van der Waals surface area contributed by atoms with Gasteiger partial charge in [-0.05, 0) is 13.0 Å². The molecule has 0 aromatic rings. The van der Waals surface area contributed by atoms with Crippen molar-refractivity contribution in [3.63, 3.8) is 0 Å². The van der Waals surface area contributed by atoms with Gasteiger partial charge in [-0.1, -0.05) is 11.6 Å². The molecule has 0 aromatic carbocycles. The molecule has 1 N–H and O–H groups in total. The van der Waals surface area contributed by atoms with E-state index in [-0.39, 0.29) is 11.8 Å². The van der Waals surface area contributed by atoms with Crippen LogP contribution in [0.3, 0.4) is 0 Å². The zero-order chi connectivity index (χ0) is 7.72. The zero-order valence-electron chi connectivity index (χ0n) is 6.00. The van der Waals surface area contributed by atoms with E-state index < -0.39 is 0 Å². The van der Waals surface area contributed by atoms with Crippen LogP contribution in [0.1, 0.15) is 6.92 Å². The molecule has 0 spiro atoms. The van der Waals surface area contributed by atoms with E-state index in [4.69, 9.17) is 16.7 Å². The zero-order valence-corrected chi connectivity index (χ0v) is 6.76. The number of halogens is 1. The van der Waals surface area contributed by atoms with Crippen molar-refractivity contribution < 1.29 is 5.11 Å². The number of aliphatic hydroxyl groups is 1. The van der Waals surface area contributed by atoms with Crippen LogP contribution in [-0.2, 0) is 0 Å². The lowest BCUT2D eigenvalue weighted by molar-refractivity contribution is 0.345. The Balaban J connectivity index is 2.85. The molecule has 0 fully saturated rings. The SMILES string of the molecule is CC1C(Cl)=CC(O)=CN1C. The van der Waals surface area contributed by atoms with Crippen LogP contribution in [0.15, 0.2) is 23.1 Å². The summed E-state index contributed by atoms with van der Waals surface area (Å²) in [7, 11) is 1.87. The van der Waals surface area contributed by atoms with Crippen molar-refractivity contribution in [3.05, 3.63) is 23.1 Å². The summed E-state index contributed by atoms with van der Waals surface area (Å²) in [6, 6.07) is 0.178. The molecule has 0 aliphatic carbocycles. The second kappa shape index (κ2) is 2.54. The third kappa shape index (κ3) is 1.27. The minimum atomic E-state index is 0.178. The molecule has 56 valence electrons. The highest BCUT2D eigenvalue weighted by Crippen LogP contribution is 2.20. The molecule has 1 rings (SSSR count). The van der Waals surface area contributed by atoms with E-state index in [1.807, 2.05) is 18.9 Å². The monoisotopic (exact) mass is 159 g/mol. The van der Waals surface area contributed by atoms with Gasteiger partial charge in [0.1, 0.15) is 5.76 Å². The smallest absolute Gasteiger partial charge is 0.132 e. The molecule has 0 aromatic heterocycles. The van der Waals surface area contributed by atoms with Crippen molar-refractivity contribution in [1.82, 2.24) is 4.90 Å². The molecule has 2 nitrogen and oxygen atoms in total. The summed E-state index contributed by atoms with van der Waals surface area (Å²) in [5.74, 6) is 0.214. The molecule has 10 heavy (non-hydrogen) atoms. The van der Waals surface area contributed by atoms with Gasteiger partial charge in [-0.2, -0.15) is 0 Å². The first-order valence-corrected chi connectivity index (χ1v) is 3.49. The fraction of sp³-hybridized carbons (Fsp3) is 0.429. The van der Waals surface area contributed by atoms with Crippen LogP contribution in [0.5, 0.6) is 0 Å². The standard InChI is InChI=1S/C7H10ClNO/c1-5-7(8)3-6(10)4-9(5)2/h3-5,10H,1-2H3. The Kier molecular flexibility index (Phi) is 1.90. The lowest BCUT2D eigenvalue weighted by Gasteiger charge is -2.25. The van der Waals surface area contributed by atoms with E-state index in [0.29, 0.717) is 5.03 Å². The lowest BCUT2D eigenvalue weighted by atomic mass is 10.2. The van der Waals surface area contributed by atoms with Gasteiger partial charge in [-0.15, -0.1) is 0 Å². The first-order valence-electron chi connectivity index (χ1n) is 3.11. The maximum Gasteiger partial charge on any atom is 0.132 e. The van der Waals surface area contributed by atoms with Crippen LogP contribution in [0, 0.1) is 0 Å². The second-order valence-corrected chi connectivity index (χ2v) is 2.86. The van der Waals surface area contributed by atoms with Crippen molar-refractivity contribution in [1.29, 1.82) is 0 Å². The Morgan fingerprint density at radius 1 is 1.70 bits per heavy atom. The van der Waals surface area contributed by atoms with Crippen LogP contribution in [-0.4, -0.2) is 23.1 Å². The Morgan fingerprint density at radius 3 is 2.80 bits per heavy atom. The predicted octanol–water partition coefficient (Wildman–Crippen LogP) is 1.84. The molecule has 1 atom stereocenters. The Bertz CT molecular complexity index is 198. The van der Waals surface area contributed by atoms with Crippen LogP contribution in [0.2, 0.25) is 0 Å². The van der Waals surface area contributed by atoms with Gasteiger partial charge in [-0.3, -0.25) is 0 Å². The number of hydrogen-bond donors (Lipinski definition) is 1. The summed E-state index contributed by atoms with van der Waals surface area (Å²) in [5.41, 5.74) is 0. The molecule has 0 saturated heterocycles. The van der Waals surface area contributed by atoms with E-state index in [2.05, 4.69) is 0 Å².